The van der Waals surface area contributed by atoms with Crippen molar-refractivity contribution in [3.8, 4) is 5.75 Å². The third kappa shape index (κ3) is 4.50. The van der Waals surface area contributed by atoms with E-state index >= 15 is 0 Å². The average molecular weight is 318 g/mol. The molecular formula is C18H20ClNO2. The van der Waals surface area contributed by atoms with Gasteiger partial charge in [0, 0.05) is 11.4 Å². The van der Waals surface area contributed by atoms with E-state index < -0.39 is 0 Å². The molecule has 0 aliphatic carbocycles. The van der Waals surface area contributed by atoms with Crippen LogP contribution in [0.15, 0.2) is 48.5 Å². The number of rotatable bonds is 6. The van der Waals surface area contributed by atoms with Crippen LogP contribution in [0.1, 0.15) is 30.5 Å². The first-order valence-electron chi connectivity index (χ1n) is 7.27. The Morgan fingerprint density at radius 2 is 1.86 bits per heavy atom. The number of carbonyl (C=O) groups excluding carboxylic acids is 1. The van der Waals surface area contributed by atoms with Gasteiger partial charge in [0.05, 0.1) is 13.2 Å². The predicted molar refractivity (Wildman–Crippen MR) is 89.3 cm³/mol. The molecule has 0 heterocycles. The summed E-state index contributed by atoms with van der Waals surface area (Å²) in [5.41, 5.74) is 2.08. The van der Waals surface area contributed by atoms with Gasteiger partial charge in [-0.3, -0.25) is 4.79 Å². The molecule has 1 N–H and O–H groups in total. The molecule has 0 radical (unpaired) electrons. The van der Waals surface area contributed by atoms with Gasteiger partial charge in [-0.1, -0.05) is 41.9 Å². The number of aryl methyl sites for hydroxylation is 1. The summed E-state index contributed by atoms with van der Waals surface area (Å²) in [4.78, 5) is 12.1. The van der Waals surface area contributed by atoms with Gasteiger partial charge in [0.2, 0.25) is 5.91 Å². The van der Waals surface area contributed by atoms with Gasteiger partial charge in [0.1, 0.15) is 5.75 Å². The van der Waals surface area contributed by atoms with Crippen LogP contribution >= 0.6 is 11.6 Å². The molecule has 0 aliphatic rings. The van der Waals surface area contributed by atoms with Crippen molar-refractivity contribution >= 4 is 17.5 Å². The van der Waals surface area contributed by atoms with Crippen LogP contribution in [0.4, 0.5) is 0 Å². The van der Waals surface area contributed by atoms with Gasteiger partial charge in [-0.05, 0) is 42.7 Å². The first-order valence-corrected chi connectivity index (χ1v) is 7.64. The minimum absolute atomic E-state index is 0.0216. The SMILES string of the molecule is COc1ccccc1CCC(=O)NC(C)c1ccc(Cl)cc1. The van der Waals surface area contributed by atoms with E-state index in [0.29, 0.717) is 17.9 Å². The summed E-state index contributed by atoms with van der Waals surface area (Å²) in [6.07, 6.45) is 1.08. The molecule has 2 aromatic carbocycles. The second-order valence-corrected chi connectivity index (χ2v) is 5.59. The first-order chi connectivity index (χ1) is 10.6. The van der Waals surface area contributed by atoms with Gasteiger partial charge < -0.3 is 10.1 Å². The Kier molecular flexibility index (Phi) is 5.84. The molecule has 3 nitrogen and oxygen atoms in total. The van der Waals surface area contributed by atoms with Gasteiger partial charge >= 0.3 is 0 Å². The Labute approximate surface area is 136 Å². The number of para-hydroxylation sites is 1. The van der Waals surface area contributed by atoms with Gasteiger partial charge in [0.15, 0.2) is 0 Å². The quantitative estimate of drug-likeness (QED) is 0.868. The van der Waals surface area contributed by atoms with E-state index in [1.807, 2.05) is 55.5 Å². The molecule has 4 heteroatoms. The number of benzene rings is 2. The summed E-state index contributed by atoms with van der Waals surface area (Å²) in [7, 11) is 1.64. The average Bonchev–Trinajstić information content (AvgIpc) is 2.53. The molecule has 0 bridgehead atoms. The van der Waals surface area contributed by atoms with Crippen LogP contribution in [0.5, 0.6) is 5.75 Å². The molecule has 116 valence electrons. The maximum Gasteiger partial charge on any atom is 0.220 e. The number of nitrogens with one attached hydrogen (secondary N) is 1. The molecular weight excluding hydrogens is 298 g/mol. The topological polar surface area (TPSA) is 38.3 Å². The second-order valence-electron chi connectivity index (χ2n) is 5.15. The fourth-order valence-electron chi connectivity index (χ4n) is 2.31. The molecule has 22 heavy (non-hydrogen) atoms. The maximum absolute atomic E-state index is 12.1. The first kappa shape index (κ1) is 16.4. The van der Waals surface area contributed by atoms with Crippen molar-refractivity contribution in [1.29, 1.82) is 0 Å². The summed E-state index contributed by atoms with van der Waals surface area (Å²) in [6, 6.07) is 15.2. The van der Waals surface area contributed by atoms with E-state index in [9.17, 15) is 4.79 Å². The summed E-state index contributed by atoms with van der Waals surface area (Å²) in [6.45, 7) is 1.96. The number of methoxy groups -OCH3 is 1. The number of carbonyl (C=O) groups is 1. The van der Waals surface area contributed by atoms with Crippen molar-refractivity contribution in [2.24, 2.45) is 0 Å². The van der Waals surface area contributed by atoms with Crippen molar-refractivity contribution in [3.63, 3.8) is 0 Å². The fourth-order valence-corrected chi connectivity index (χ4v) is 2.43. The Morgan fingerprint density at radius 3 is 2.55 bits per heavy atom. The molecule has 0 saturated heterocycles. The maximum atomic E-state index is 12.1. The minimum Gasteiger partial charge on any atom is -0.496 e. The van der Waals surface area contributed by atoms with Crippen LogP contribution in [0.2, 0.25) is 5.02 Å². The zero-order valence-corrected chi connectivity index (χ0v) is 13.6. The number of ether oxygens (including phenoxy) is 1. The van der Waals surface area contributed by atoms with Gasteiger partial charge in [-0.2, -0.15) is 0 Å². The van der Waals surface area contributed by atoms with Gasteiger partial charge in [-0.15, -0.1) is 0 Å². The Hall–Kier alpha value is -2.00. The monoisotopic (exact) mass is 317 g/mol. The van der Waals surface area contributed by atoms with E-state index in [1.165, 1.54) is 0 Å². The third-order valence-electron chi connectivity index (χ3n) is 3.56. The molecule has 0 saturated carbocycles. The summed E-state index contributed by atoms with van der Waals surface area (Å²) in [5, 5.41) is 3.69. The smallest absolute Gasteiger partial charge is 0.220 e. The summed E-state index contributed by atoms with van der Waals surface area (Å²) >= 11 is 5.87. The third-order valence-corrected chi connectivity index (χ3v) is 3.81. The number of hydrogen-bond donors (Lipinski definition) is 1. The molecule has 0 aliphatic heterocycles. The lowest BCUT2D eigenvalue weighted by molar-refractivity contribution is -0.121. The largest absolute Gasteiger partial charge is 0.496 e. The molecule has 2 rings (SSSR count). The molecule has 0 spiro atoms. The highest BCUT2D eigenvalue weighted by atomic mass is 35.5. The molecule has 1 amide bonds. The lowest BCUT2D eigenvalue weighted by Gasteiger charge is -2.15. The Morgan fingerprint density at radius 1 is 1.18 bits per heavy atom. The van der Waals surface area contributed by atoms with Gasteiger partial charge in [-0.25, -0.2) is 0 Å². The van der Waals surface area contributed by atoms with Gasteiger partial charge in [0.25, 0.3) is 0 Å². The van der Waals surface area contributed by atoms with E-state index in [4.69, 9.17) is 16.3 Å². The Bertz CT molecular complexity index is 625. The van der Waals surface area contributed by atoms with Crippen LogP contribution in [-0.4, -0.2) is 13.0 Å². The molecule has 2 aromatic rings. The molecule has 0 fully saturated rings. The lowest BCUT2D eigenvalue weighted by atomic mass is 10.1. The predicted octanol–water partition coefficient (Wildman–Crippen LogP) is 4.16. The molecule has 0 aromatic heterocycles. The van der Waals surface area contributed by atoms with E-state index in [1.54, 1.807) is 7.11 Å². The number of amides is 1. The van der Waals surface area contributed by atoms with Crippen LogP contribution in [0.3, 0.4) is 0 Å². The zero-order valence-electron chi connectivity index (χ0n) is 12.8. The number of hydrogen-bond acceptors (Lipinski definition) is 2. The summed E-state index contributed by atoms with van der Waals surface area (Å²) < 4.78 is 5.30. The minimum atomic E-state index is -0.0394. The van der Waals surface area contributed by atoms with Crippen molar-refractivity contribution in [2.45, 2.75) is 25.8 Å². The normalized spacial score (nSPS) is 11.8. The molecule has 1 unspecified atom stereocenters. The van der Waals surface area contributed by atoms with Crippen LogP contribution in [-0.2, 0) is 11.2 Å². The van der Waals surface area contributed by atoms with Crippen molar-refractivity contribution < 1.29 is 9.53 Å². The van der Waals surface area contributed by atoms with E-state index in [0.717, 1.165) is 16.9 Å². The molecule has 1 atom stereocenters. The van der Waals surface area contributed by atoms with Crippen molar-refractivity contribution in [1.82, 2.24) is 5.32 Å². The van der Waals surface area contributed by atoms with Crippen molar-refractivity contribution in [3.05, 3.63) is 64.7 Å². The summed E-state index contributed by atoms with van der Waals surface area (Å²) in [5.74, 6) is 0.842. The second kappa shape index (κ2) is 7.85. The highest BCUT2D eigenvalue weighted by Gasteiger charge is 2.10. The van der Waals surface area contributed by atoms with E-state index in [2.05, 4.69) is 5.32 Å². The standard InChI is InChI=1S/C18H20ClNO2/c1-13(14-7-10-16(19)11-8-14)20-18(21)12-9-15-5-3-4-6-17(15)22-2/h3-8,10-11,13H,9,12H2,1-2H3,(H,20,21). The highest BCUT2D eigenvalue weighted by molar-refractivity contribution is 6.30. The van der Waals surface area contributed by atoms with Crippen molar-refractivity contribution in [2.75, 3.05) is 7.11 Å². The van der Waals surface area contributed by atoms with Crippen LogP contribution in [0.25, 0.3) is 0 Å². The fraction of sp³-hybridized carbons (Fsp3) is 0.278. The Balaban J connectivity index is 1.88. The van der Waals surface area contributed by atoms with Crippen LogP contribution in [0, 0.1) is 0 Å². The van der Waals surface area contributed by atoms with E-state index in [-0.39, 0.29) is 11.9 Å². The highest BCUT2D eigenvalue weighted by Crippen LogP contribution is 2.19. The van der Waals surface area contributed by atoms with Crippen LogP contribution < -0.4 is 10.1 Å². The number of halogens is 1. The zero-order chi connectivity index (χ0) is 15.9. The lowest BCUT2D eigenvalue weighted by Crippen LogP contribution is -2.26.